The number of benzene rings is 7. The van der Waals surface area contributed by atoms with Gasteiger partial charge in [-0.25, -0.2) is 33.1 Å². The van der Waals surface area contributed by atoms with Crippen molar-refractivity contribution in [2.24, 2.45) is 11.3 Å². The van der Waals surface area contributed by atoms with Crippen molar-refractivity contribution < 1.29 is 56.0 Å². The molecule has 13 rings (SSSR count). The predicted molar refractivity (Wildman–Crippen MR) is 382 cm³/mol. The number of methoxy groups -OCH3 is 4. The first-order valence-corrected chi connectivity index (χ1v) is 33.0. The van der Waals surface area contributed by atoms with E-state index in [4.69, 9.17) is 51.6 Å². The van der Waals surface area contributed by atoms with Crippen molar-refractivity contribution in [3.8, 4) is 40.2 Å². The van der Waals surface area contributed by atoms with Crippen LogP contribution in [-0.2, 0) is 14.4 Å². The number of hydrogen-bond donors (Lipinski definition) is 5. The van der Waals surface area contributed by atoms with Crippen LogP contribution in [-0.4, -0.2) is 127 Å². The second-order valence-electron chi connectivity index (χ2n) is 24.0. The summed E-state index contributed by atoms with van der Waals surface area (Å²) in [5, 5.41) is 17.0. The summed E-state index contributed by atoms with van der Waals surface area (Å²) in [6.07, 6.45) is 14.7. The summed E-state index contributed by atoms with van der Waals surface area (Å²) in [5.74, 6) is 3.05. The van der Waals surface area contributed by atoms with Gasteiger partial charge < -0.3 is 59.9 Å². The summed E-state index contributed by atoms with van der Waals surface area (Å²) in [6.45, 7) is 5.71. The van der Waals surface area contributed by atoms with E-state index in [1.165, 1.54) is 81.5 Å². The maximum atomic E-state index is 14.2. The van der Waals surface area contributed by atoms with Crippen LogP contribution in [0.2, 0.25) is 10.0 Å². The molecule has 0 bridgehead atoms. The highest BCUT2D eigenvalue weighted by Gasteiger charge is 2.56. The third-order valence-corrected chi connectivity index (χ3v) is 17.7. The summed E-state index contributed by atoms with van der Waals surface area (Å²) >= 11 is 11.7. The van der Waals surface area contributed by atoms with Crippen molar-refractivity contribution in [1.82, 2.24) is 34.7 Å². The number of nitrogens with one attached hydrogen (secondary N) is 5. The molecule has 518 valence electrons. The minimum absolute atomic E-state index is 0.00400. The summed E-state index contributed by atoms with van der Waals surface area (Å²) in [6, 6.07) is 33.5. The van der Waals surface area contributed by atoms with E-state index in [0.29, 0.717) is 132 Å². The largest absolute Gasteiger partial charge is 0.494 e. The Labute approximate surface area is 585 Å². The average Bonchev–Trinajstić information content (AvgIpc) is 1.54. The number of likely N-dealkylation sites (tertiary alicyclic amines) is 2. The van der Waals surface area contributed by atoms with E-state index in [1.54, 1.807) is 106 Å². The lowest BCUT2D eigenvalue weighted by Gasteiger charge is -2.28. The highest BCUT2D eigenvalue weighted by molar-refractivity contribution is 6.31. The van der Waals surface area contributed by atoms with Gasteiger partial charge in [0.15, 0.2) is 23.0 Å². The third-order valence-electron chi connectivity index (χ3n) is 17.2. The zero-order valence-electron chi connectivity index (χ0n) is 55.5. The summed E-state index contributed by atoms with van der Waals surface area (Å²) in [5.41, 5.74) is 3.16. The Hall–Kier alpha value is -10.5. The minimum atomic E-state index is -1.14. The van der Waals surface area contributed by atoms with Crippen LogP contribution in [0.25, 0.3) is 32.7 Å². The van der Waals surface area contributed by atoms with Crippen molar-refractivity contribution >= 4 is 114 Å². The molecular weight excluding hydrogens is 1330 g/mol. The molecule has 2 saturated heterocycles. The van der Waals surface area contributed by atoms with E-state index in [9.17, 15) is 27.6 Å². The standard InChI is InChI=1S/C28H24FN3O5.C24H25ClFN5O2.C22H24ClFN4O2/c1-35-24-15-21-22(16-25(24)36-2)30-14-11-23(21)37-20-9-7-19(8-10-20)32-27(34)28(12-13-28)26(33)31-18-5-3-17(29)4-6-18;1-33-22-14-20-17(24(28-15-27-20)29-16-7-8-19(26)18(25)12-16)13-21(22)30-23(32)6-5-11-31-9-3-2-4-10-31;1-28-7-5-14(6-8-28)12-30-21-11-19-16(10-20(21)29-2)22(26-13-25-19)27-18-4-3-15(23)9-17(18)24/h3-11,14-16H,12-13H2,1-2H3,(H,31,33)(H,32,34);5-8,12-15H,2-4,9-11H2,1H3,(H,30,32)(H,27,28,29);3-4,9-11,13-14H,5-8,12H2,1-2H3,(H,25,26,27)/b;6-5+;. The number of rotatable bonds is 21. The number of anilines is 7. The Kier molecular flexibility index (Phi) is 23.3. The van der Waals surface area contributed by atoms with Gasteiger partial charge in [0.25, 0.3) is 0 Å². The Morgan fingerprint density at radius 1 is 0.560 bits per heavy atom. The van der Waals surface area contributed by atoms with Gasteiger partial charge in [0.1, 0.15) is 64.4 Å². The lowest BCUT2D eigenvalue weighted by Crippen LogP contribution is -2.35. The van der Waals surface area contributed by atoms with Gasteiger partial charge in [0.05, 0.1) is 68.0 Å². The van der Waals surface area contributed by atoms with Crippen molar-refractivity contribution in [3.63, 3.8) is 0 Å². The maximum absolute atomic E-state index is 14.2. The summed E-state index contributed by atoms with van der Waals surface area (Å²) in [4.78, 5) is 64.5. The van der Waals surface area contributed by atoms with Gasteiger partial charge in [0.2, 0.25) is 17.7 Å². The molecule has 0 radical (unpaired) electrons. The Bertz CT molecular complexity index is 4600. The van der Waals surface area contributed by atoms with Crippen molar-refractivity contribution in [2.75, 3.05) is 101 Å². The van der Waals surface area contributed by atoms with Crippen LogP contribution in [0.4, 0.5) is 53.2 Å². The summed E-state index contributed by atoms with van der Waals surface area (Å²) in [7, 11) is 8.40. The van der Waals surface area contributed by atoms with E-state index in [1.807, 2.05) is 18.2 Å². The number of aromatic nitrogens is 5. The first kappa shape index (κ1) is 70.8. The second-order valence-corrected chi connectivity index (χ2v) is 24.8. The lowest BCUT2D eigenvalue weighted by atomic mass is 9.98. The van der Waals surface area contributed by atoms with Crippen LogP contribution >= 0.6 is 23.2 Å². The van der Waals surface area contributed by atoms with Gasteiger partial charge in [-0.2, -0.15) is 0 Å². The molecule has 1 aliphatic carbocycles. The number of hydrogen-bond acceptors (Lipinski definition) is 18. The van der Waals surface area contributed by atoms with E-state index in [0.717, 1.165) is 51.0 Å². The van der Waals surface area contributed by atoms with Crippen LogP contribution in [0.3, 0.4) is 0 Å². The van der Waals surface area contributed by atoms with Crippen molar-refractivity contribution in [2.45, 2.75) is 44.9 Å². The monoisotopic (exact) mass is 1400 g/mol. The zero-order valence-corrected chi connectivity index (χ0v) is 57.0. The number of nitrogens with zero attached hydrogens (tertiary/aromatic N) is 7. The van der Waals surface area contributed by atoms with Gasteiger partial charge in [-0.3, -0.25) is 24.3 Å². The van der Waals surface area contributed by atoms with Crippen LogP contribution in [0.1, 0.15) is 44.9 Å². The van der Waals surface area contributed by atoms with Gasteiger partial charge in [0, 0.05) is 75.3 Å². The van der Waals surface area contributed by atoms with Crippen molar-refractivity contribution in [3.05, 3.63) is 186 Å². The Morgan fingerprint density at radius 2 is 1.14 bits per heavy atom. The van der Waals surface area contributed by atoms with Gasteiger partial charge in [-0.15, -0.1) is 0 Å². The number of carbonyl (C=O) groups is 3. The molecule has 0 spiro atoms. The first-order valence-electron chi connectivity index (χ1n) is 32.3. The molecule has 5 heterocycles. The highest BCUT2D eigenvalue weighted by atomic mass is 35.5. The van der Waals surface area contributed by atoms with Crippen LogP contribution in [0.5, 0.6) is 40.2 Å². The fourth-order valence-electron chi connectivity index (χ4n) is 11.4. The fourth-order valence-corrected chi connectivity index (χ4v) is 11.7. The number of piperidine rings is 2. The van der Waals surface area contributed by atoms with Gasteiger partial charge in [-0.05, 0) is 187 Å². The molecule has 0 unspecified atom stereocenters. The molecule has 3 aromatic heterocycles. The predicted octanol–water partition coefficient (Wildman–Crippen LogP) is 15.6. The molecule has 10 aromatic rings. The quantitative estimate of drug-likeness (QED) is 0.0332. The first-order chi connectivity index (χ1) is 48.5. The smallest absolute Gasteiger partial charge is 0.248 e. The van der Waals surface area contributed by atoms with Gasteiger partial charge in [-0.1, -0.05) is 35.7 Å². The third kappa shape index (κ3) is 17.8. The molecule has 5 N–H and O–H groups in total. The Balaban J connectivity index is 0.000000152. The SMILES string of the molecule is COc1cc2c(Nc3ccc(Cl)cc3F)ncnc2cc1OCC1CCN(C)CC1.COc1cc2nccc(Oc3ccc(NC(=O)C4(C(=O)Nc5ccc(F)cc5)CC4)cc3)c2cc1OC.COc1cc2ncnc(Nc3ccc(F)c(Cl)c3)c2cc1NC(=O)/C=C/CN1CCCCC1. The molecule has 3 fully saturated rings. The Morgan fingerprint density at radius 3 is 1.78 bits per heavy atom. The normalized spacial score (nSPS) is 14.4. The molecule has 7 aromatic carbocycles. The average molecular weight is 1400 g/mol. The number of pyridine rings is 1. The zero-order chi connectivity index (χ0) is 70.3. The van der Waals surface area contributed by atoms with Crippen LogP contribution in [0, 0.1) is 28.8 Å². The molecule has 3 amide bonds. The molecule has 26 heteroatoms. The number of fused-ring (bicyclic) bond motifs is 3. The molecule has 1 saturated carbocycles. The van der Waals surface area contributed by atoms with Crippen molar-refractivity contribution in [1.29, 1.82) is 0 Å². The van der Waals surface area contributed by atoms with E-state index < -0.39 is 28.8 Å². The highest BCUT2D eigenvalue weighted by Crippen LogP contribution is 2.48. The molecule has 3 aliphatic rings. The molecular formula is C74H73Cl2F3N12O9. The van der Waals surface area contributed by atoms with Crippen LogP contribution in [0.15, 0.2) is 158 Å². The number of carbonyl (C=O) groups excluding carboxylic acids is 3. The minimum Gasteiger partial charge on any atom is -0.494 e. The van der Waals surface area contributed by atoms with E-state index >= 15 is 0 Å². The number of ether oxygens (including phenoxy) is 6. The lowest BCUT2D eigenvalue weighted by molar-refractivity contribution is -0.131. The van der Waals surface area contributed by atoms with E-state index in [2.05, 4.69) is 68.4 Å². The number of amides is 3. The molecule has 21 nitrogen and oxygen atoms in total. The maximum Gasteiger partial charge on any atom is 0.248 e. The van der Waals surface area contributed by atoms with Gasteiger partial charge >= 0.3 is 0 Å². The molecule has 0 atom stereocenters. The van der Waals surface area contributed by atoms with E-state index in [-0.39, 0.29) is 22.5 Å². The molecule has 2 aliphatic heterocycles. The second kappa shape index (κ2) is 32.9. The molecule has 100 heavy (non-hydrogen) atoms. The summed E-state index contributed by atoms with van der Waals surface area (Å²) < 4.78 is 74.7. The van der Waals surface area contributed by atoms with Crippen LogP contribution < -0.4 is 55.0 Å². The number of halogens is 5. The fraction of sp³-hybridized carbons (Fsp3) is 0.270. The topological polar surface area (TPSA) is 238 Å².